The molecule has 0 fully saturated rings. The number of ether oxygens (including phenoxy) is 2. The second-order valence-corrected chi connectivity index (χ2v) is 6.14. The first-order chi connectivity index (χ1) is 14.1. The van der Waals surface area contributed by atoms with Crippen LogP contribution in [0.2, 0.25) is 0 Å². The lowest BCUT2D eigenvalue weighted by Gasteiger charge is -2.35. The first-order valence-corrected chi connectivity index (χ1v) is 9.14. The molecule has 1 amide bonds. The molecule has 0 aliphatic heterocycles. The van der Waals surface area contributed by atoms with Crippen LogP contribution in [0.5, 0.6) is 5.75 Å². The van der Waals surface area contributed by atoms with Gasteiger partial charge in [0.1, 0.15) is 11.6 Å². The number of halogens is 3. The van der Waals surface area contributed by atoms with Gasteiger partial charge in [-0.3, -0.25) is 4.79 Å². The molecule has 0 radical (unpaired) electrons. The Balaban J connectivity index is 2.54. The lowest BCUT2D eigenvalue weighted by atomic mass is 10.1. The maximum Gasteiger partial charge on any atom is 0.441 e. The summed E-state index contributed by atoms with van der Waals surface area (Å²) in [7, 11) is 0. The average Bonchev–Trinajstić information content (AvgIpc) is 2.67. The highest BCUT2D eigenvalue weighted by atomic mass is 19.4. The molecule has 2 aromatic rings. The zero-order chi connectivity index (χ0) is 22.4. The number of pyridine rings is 1. The summed E-state index contributed by atoms with van der Waals surface area (Å²) in [6, 6.07) is 10.0. The molecular weight excluding hydrogens is 403 g/mol. The zero-order valence-electron chi connectivity index (χ0n) is 16.7. The van der Waals surface area contributed by atoms with Gasteiger partial charge in [0.05, 0.1) is 18.8 Å². The highest BCUT2D eigenvalue weighted by molar-refractivity contribution is 6.01. The summed E-state index contributed by atoms with van der Waals surface area (Å²) in [6.07, 6.45) is -5.26. The van der Waals surface area contributed by atoms with Gasteiger partial charge in [-0.25, -0.2) is 9.78 Å². The van der Waals surface area contributed by atoms with Gasteiger partial charge >= 0.3 is 17.8 Å². The van der Waals surface area contributed by atoms with Crippen molar-refractivity contribution in [2.24, 2.45) is 0 Å². The van der Waals surface area contributed by atoms with Crippen LogP contribution in [0.1, 0.15) is 29.9 Å². The van der Waals surface area contributed by atoms with Crippen molar-refractivity contribution in [3.8, 4) is 5.75 Å². The van der Waals surface area contributed by atoms with Crippen molar-refractivity contribution in [1.82, 2.24) is 10.3 Å². The molecule has 10 heteroatoms. The number of aromatic nitrogens is 1. The number of benzene rings is 1. The highest BCUT2D eigenvalue weighted by Crippen LogP contribution is 2.33. The SMILES string of the molecule is CCOC(=O)C(NC(=O)c1ccccc1OCC)(Nc1cccc(C)n1)C(F)(F)F. The van der Waals surface area contributed by atoms with E-state index in [9.17, 15) is 22.8 Å². The fraction of sp³-hybridized carbons (Fsp3) is 0.350. The number of nitrogens with zero attached hydrogens (tertiary/aromatic N) is 1. The summed E-state index contributed by atoms with van der Waals surface area (Å²) >= 11 is 0. The summed E-state index contributed by atoms with van der Waals surface area (Å²) in [5.74, 6) is -3.09. The molecule has 0 saturated heterocycles. The molecule has 162 valence electrons. The molecule has 0 aliphatic carbocycles. The Kier molecular flexibility index (Phi) is 7.25. The number of aryl methyl sites for hydroxylation is 1. The molecule has 0 bridgehead atoms. The van der Waals surface area contributed by atoms with Crippen molar-refractivity contribution in [2.75, 3.05) is 18.5 Å². The van der Waals surface area contributed by atoms with E-state index < -0.39 is 23.7 Å². The smallest absolute Gasteiger partial charge is 0.441 e. The van der Waals surface area contributed by atoms with Gasteiger partial charge in [-0.1, -0.05) is 18.2 Å². The first-order valence-electron chi connectivity index (χ1n) is 9.14. The number of carbonyl (C=O) groups is 2. The van der Waals surface area contributed by atoms with Crippen LogP contribution < -0.4 is 15.4 Å². The van der Waals surface area contributed by atoms with E-state index in [-0.39, 0.29) is 30.3 Å². The van der Waals surface area contributed by atoms with Crippen LogP contribution in [0.25, 0.3) is 0 Å². The summed E-state index contributed by atoms with van der Waals surface area (Å²) < 4.78 is 52.6. The maximum atomic E-state index is 14.2. The second kappa shape index (κ2) is 9.47. The van der Waals surface area contributed by atoms with E-state index in [4.69, 9.17) is 4.74 Å². The molecule has 30 heavy (non-hydrogen) atoms. The van der Waals surface area contributed by atoms with Gasteiger partial charge in [-0.15, -0.1) is 0 Å². The van der Waals surface area contributed by atoms with Crippen LogP contribution in [0, 0.1) is 6.92 Å². The number of nitrogens with one attached hydrogen (secondary N) is 2. The molecular formula is C20H22F3N3O4. The summed E-state index contributed by atoms with van der Waals surface area (Å²) in [4.78, 5) is 29.3. The van der Waals surface area contributed by atoms with E-state index in [2.05, 4.69) is 9.72 Å². The monoisotopic (exact) mass is 425 g/mol. The predicted octanol–water partition coefficient (Wildman–Crippen LogP) is 3.45. The van der Waals surface area contributed by atoms with Gasteiger partial charge < -0.3 is 20.1 Å². The van der Waals surface area contributed by atoms with Crippen molar-refractivity contribution < 1.29 is 32.2 Å². The number of hydrogen-bond acceptors (Lipinski definition) is 6. The molecule has 1 atom stereocenters. The molecule has 1 unspecified atom stereocenters. The van der Waals surface area contributed by atoms with Gasteiger partial charge in [0, 0.05) is 5.69 Å². The topological polar surface area (TPSA) is 89.5 Å². The third kappa shape index (κ3) is 5.00. The van der Waals surface area contributed by atoms with Crippen molar-refractivity contribution in [2.45, 2.75) is 32.6 Å². The van der Waals surface area contributed by atoms with Gasteiger partial charge in [-0.05, 0) is 45.0 Å². The van der Waals surface area contributed by atoms with E-state index >= 15 is 0 Å². The Labute approximate surface area is 171 Å². The number of amides is 1. The largest absolute Gasteiger partial charge is 0.493 e. The van der Waals surface area contributed by atoms with Crippen LogP contribution in [0.4, 0.5) is 19.0 Å². The Bertz CT molecular complexity index is 905. The van der Waals surface area contributed by atoms with E-state index in [1.807, 2.05) is 5.32 Å². The Morgan fingerprint density at radius 2 is 1.73 bits per heavy atom. The molecule has 2 N–H and O–H groups in total. The fourth-order valence-corrected chi connectivity index (χ4v) is 2.61. The van der Waals surface area contributed by atoms with Gasteiger partial charge in [0.25, 0.3) is 5.91 Å². The molecule has 1 aromatic carbocycles. The normalized spacial score (nSPS) is 13.1. The third-order valence-corrected chi connectivity index (χ3v) is 3.94. The minimum absolute atomic E-state index is 0.0751. The molecule has 1 heterocycles. The summed E-state index contributed by atoms with van der Waals surface area (Å²) in [5.41, 5.74) is -3.33. The van der Waals surface area contributed by atoms with Crippen molar-refractivity contribution in [3.63, 3.8) is 0 Å². The number of esters is 1. The van der Waals surface area contributed by atoms with Crippen molar-refractivity contribution in [3.05, 3.63) is 53.7 Å². The van der Waals surface area contributed by atoms with E-state index in [0.717, 1.165) is 0 Å². The maximum absolute atomic E-state index is 14.2. The van der Waals surface area contributed by atoms with Crippen LogP contribution >= 0.6 is 0 Å². The standard InChI is InChI=1S/C20H22F3N3O4/c1-4-29-15-11-7-6-10-14(15)17(27)26-19(20(21,22)23,18(28)30-5-2)25-16-12-8-9-13(3)24-16/h6-12H,4-5H2,1-3H3,(H,24,25)(H,26,27). The third-order valence-electron chi connectivity index (χ3n) is 3.94. The lowest BCUT2D eigenvalue weighted by molar-refractivity contribution is -0.204. The Hall–Kier alpha value is -3.30. The molecule has 0 aliphatic rings. The van der Waals surface area contributed by atoms with Crippen molar-refractivity contribution >= 4 is 17.7 Å². The number of hydrogen-bond donors (Lipinski definition) is 2. The van der Waals surface area contributed by atoms with E-state index in [1.165, 1.54) is 37.3 Å². The van der Waals surface area contributed by atoms with E-state index in [1.54, 1.807) is 31.3 Å². The van der Waals surface area contributed by atoms with Crippen molar-refractivity contribution in [1.29, 1.82) is 0 Å². The molecule has 0 spiro atoms. The van der Waals surface area contributed by atoms with Gasteiger partial charge in [-0.2, -0.15) is 13.2 Å². The fourth-order valence-electron chi connectivity index (χ4n) is 2.61. The summed E-state index contributed by atoms with van der Waals surface area (Å²) in [6.45, 7) is 4.46. The average molecular weight is 425 g/mol. The lowest BCUT2D eigenvalue weighted by Crippen LogP contribution is -2.69. The quantitative estimate of drug-likeness (QED) is 0.498. The van der Waals surface area contributed by atoms with E-state index in [0.29, 0.717) is 5.69 Å². The van der Waals surface area contributed by atoms with Crippen LogP contribution in [0.3, 0.4) is 0 Å². The number of para-hydroxylation sites is 1. The first kappa shape index (κ1) is 23.0. The van der Waals surface area contributed by atoms with Crippen LogP contribution in [-0.2, 0) is 9.53 Å². The van der Waals surface area contributed by atoms with Gasteiger partial charge in [0.2, 0.25) is 0 Å². The minimum Gasteiger partial charge on any atom is -0.493 e. The summed E-state index contributed by atoms with van der Waals surface area (Å²) in [5, 5.41) is 3.80. The number of rotatable bonds is 8. The number of carbonyl (C=O) groups excluding carboxylic acids is 2. The molecule has 1 aromatic heterocycles. The van der Waals surface area contributed by atoms with Crippen LogP contribution in [0.15, 0.2) is 42.5 Å². The minimum atomic E-state index is -5.26. The predicted molar refractivity (Wildman–Crippen MR) is 103 cm³/mol. The highest BCUT2D eigenvalue weighted by Gasteiger charge is 2.64. The Morgan fingerprint density at radius 3 is 2.33 bits per heavy atom. The zero-order valence-corrected chi connectivity index (χ0v) is 16.7. The van der Waals surface area contributed by atoms with Crippen LogP contribution in [-0.4, -0.2) is 41.9 Å². The Morgan fingerprint density at radius 1 is 1.03 bits per heavy atom. The molecule has 2 rings (SSSR count). The number of alkyl halides is 3. The van der Waals surface area contributed by atoms with Gasteiger partial charge in [0.15, 0.2) is 0 Å². The molecule has 0 saturated carbocycles. The molecule has 7 nitrogen and oxygen atoms in total. The number of anilines is 1. The second-order valence-electron chi connectivity index (χ2n) is 6.14.